The number of pyridine rings is 1. The van der Waals surface area contributed by atoms with Crippen LogP contribution in [-0.2, 0) is 4.79 Å². The third-order valence-electron chi connectivity index (χ3n) is 4.85. The number of carbonyl (C=O) groups excluding carboxylic acids is 1. The van der Waals surface area contributed by atoms with E-state index in [4.69, 9.17) is 0 Å². The van der Waals surface area contributed by atoms with Crippen LogP contribution in [0.3, 0.4) is 0 Å². The van der Waals surface area contributed by atoms with Crippen LogP contribution in [0.5, 0.6) is 0 Å². The van der Waals surface area contributed by atoms with Gasteiger partial charge in [0.1, 0.15) is 13.1 Å². The Bertz CT molecular complexity index is 448. The van der Waals surface area contributed by atoms with Gasteiger partial charge < -0.3 is 4.90 Å². The summed E-state index contributed by atoms with van der Waals surface area (Å²) in [6, 6.07) is 6.14. The predicted molar refractivity (Wildman–Crippen MR) is 83.0 cm³/mol. The minimum Gasteiger partial charge on any atom is -0.335 e. The highest BCUT2D eigenvalue weighted by Gasteiger charge is 2.27. The fourth-order valence-corrected chi connectivity index (χ4v) is 3.54. The molecule has 1 aliphatic heterocycles. The van der Waals surface area contributed by atoms with Gasteiger partial charge in [0.25, 0.3) is 5.82 Å². The summed E-state index contributed by atoms with van der Waals surface area (Å²) in [4.78, 5) is 20.1. The molecule has 1 aromatic heterocycles. The molecule has 2 aliphatic rings. The fourth-order valence-electron chi connectivity index (χ4n) is 3.54. The topological polar surface area (TPSA) is 37.7 Å². The quantitative estimate of drug-likeness (QED) is 0.854. The second kappa shape index (κ2) is 6.92. The number of rotatable bonds is 3. The van der Waals surface area contributed by atoms with Crippen molar-refractivity contribution in [2.75, 3.05) is 31.1 Å². The highest BCUT2D eigenvalue weighted by Crippen LogP contribution is 2.27. The van der Waals surface area contributed by atoms with Crippen molar-refractivity contribution in [1.82, 2.24) is 4.90 Å². The molecule has 1 aromatic rings. The molecule has 21 heavy (non-hydrogen) atoms. The van der Waals surface area contributed by atoms with Crippen molar-refractivity contribution in [3.63, 3.8) is 0 Å². The van der Waals surface area contributed by atoms with Gasteiger partial charge in [-0.05, 0) is 24.8 Å². The lowest BCUT2D eigenvalue weighted by Gasteiger charge is -2.32. The normalized spacial score (nSPS) is 20.6. The summed E-state index contributed by atoms with van der Waals surface area (Å²) in [6.07, 6.45) is 9.23. The number of piperazine rings is 1. The minimum absolute atomic E-state index is 0.374. The lowest BCUT2D eigenvalue weighted by Crippen LogP contribution is -2.50. The van der Waals surface area contributed by atoms with Crippen molar-refractivity contribution >= 4 is 11.7 Å². The largest absolute Gasteiger partial charge is 0.335 e. The Morgan fingerprint density at radius 2 is 1.86 bits per heavy atom. The van der Waals surface area contributed by atoms with Crippen molar-refractivity contribution in [2.45, 2.75) is 38.5 Å². The summed E-state index contributed by atoms with van der Waals surface area (Å²) in [7, 11) is 0. The average molecular weight is 288 g/mol. The number of hydrogen-bond donors (Lipinski definition) is 0. The van der Waals surface area contributed by atoms with E-state index in [1.165, 1.54) is 32.1 Å². The Labute approximate surface area is 127 Å². The molecule has 1 N–H and O–H groups in total. The third kappa shape index (κ3) is 3.74. The number of H-pyrrole nitrogens is 1. The van der Waals surface area contributed by atoms with Crippen molar-refractivity contribution in [3.05, 3.63) is 24.4 Å². The van der Waals surface area contributed by atoms with Crippen LogP contribution in [0.4, 0.5) is 5.82 Å². The molecule has 1 amide bonds. The summed E-state index contributed by atoms with van der Waals surface area (Å²) in [5.74, 6) is 2.17. The molecule has 1 saturated heterocycles. The Morgan fingerprint density at radius 1 is 1.10 bits per heavy atom. The van der Waals surface area contributed by atoms with E-state index < -0.39 is 0 Å². The van der Waals surface area contributed by atoms with E-state index in [-0.39, 0.29) is 0 Å². The summed E-state index contributed by atoms with van der Waals surface area (Å²) in [5.41, 5.74) is 0. The Balaban J connectivity index is 1.47. The molecular weight excluding hydrogens is 262 g/mol. The monoisotopic (exact) mass is 288 g/mol. The summed E-state index contributed by atoms with van der Waals surface area (Å²) < 4.78 is 0. The molecule has 1 saturated carbocycles. The van der Waals surface area contributed by atoms with Gasteiger partial charge in [-0.25, -0.2) is 4.98 Å². The number of hydrogen-bond acceptors (Lipinski definition) is 2. The van der Waals surface area contributed by atoms with E-state index in [0.717, 1.165) is 38.4 Å². The molecule has 114 valence electrons. The maximum Gasteiger partial charge on any atom is 0.274 e. The lowest BCUT2D eigenvalue weighted by atomic mass is 9.86. The van der Waals surface area contributed by atoms with Crippen LogP contribution < -0.4 is 9.88 Å². The molecule has 2 heterocycles. The molecule has 0 radical (unpaired) electrons. The number of nitrogens with zero attached hydrogens (tertiary/aromatic N) is 2. The first-order chi connectivity index (χ1) is 10.3. The van der Waals surface area contributed by atoms with E-state index >= 15 is 0 Å². The van der Waals surface area contributed by atoms with E-state index in [1.807, 2.05) is 18.3 Å². The molecule has 0 atom stereocenters. The van der Waals surface area contributed by atoms with Gasteiger partial charge in [-0.3, -0.25) is 9.69 Å². The molecule has 0 unspecified atom stereocenters. The first-order valence-electron chi connectivity index (χ1n) is 8.32. The standard InChI is InChI=1S/C17H25N3O/c21-17(14-15-6-2-1-3-7-15)20-12-10-19(11-13-20)16-8-4-5-9-18-16/h4-5,8-9,15H,1-3,6-7,10-14H2/p+1. The lowest BCUT2D eigenvalue weighted by molar-refractivity contribution is -0.364. The van der Waals surface area contributed by atoms with Crippen LogP contribution in [0.2, 0.25) is 0 Å². The molecule has 0 spiro atoms. The Morgan fingerprint density at radius 3 is 2.52 bits per heavy atom. The van der Waals surface area contributed by atoms with Crippen LogP contribution in [0.15, 0.2) is 24.4 Å². The SMILES string of the molecule is O=C(CC1CCCCC1)N1CCN(c2cccc[nH+]2)CC1. The molecule has 0 aromatic carbocycles. The van der Waals surface area contributed by atoms with Gasteiger partial charge in [0.2, 0.25) is 5.91 Å². The number of anilines is 1. The number of amides is 1. The highest BCUT2D eigenvalue weighted by molar-refractivity contribution is 5.76. The van der Waals surface area contributed by atoms with E-state index in [9.17, 15) is 4.79 Å². The van der Waals surface area contributed by atoms with Gasteiger partial charge in [-0.1, -0.05) is 25.3 Å². The Hall–Kier alpha value is -1.58. The summed E-state index contributed by atoms with van der Waals surface area (Å²) in [5, 5.41) is 0. The average Bonchev–Trinajstić information content (AvgIpc) is 2.57. The molecule has 2 fully saturated rings. The van der Waals surface area contributed by atoms with Crippen molar-refractivity contribution in [3.8, 4) is 0 Å². The van der Waals surface area contributed by atoms with Crippen LogP contribution in [0, 0.1) is 5.92 Å². The van der Waals surface area contributed by atoms with Crippen molar-refractivity contribution in [1.29, 1.82) is 0 Å². The second-order valence-corrected chi connectivity index (χ2v) is 6.32. The zero-order chi connectivity index (χ0) is 14.5. The predicted octanol–water partition coefficient (Wildman–Crippen LogP) is 2.12. The summed E-state index contributed by atoms with van der Waals surface area (Å²) >= 11 is 0. The van der Waals surface area contributed by atoms with Gasteiger partial charge in [0, 0.05) is 12.5 Å². The third-order valence-corrected chi connectivity index (χ3v) is 4.85. The first-order valence-corrected chi connectivity index (χ1v) is 8.32. The van der Waals surface area contributed by atoms with Gasteiger partial charge in [-0.15, -0.1) is 0 Å². The van der Waals surface area contributed by atoms with Crippen LogP contribution in [0.1, 0.15) is 38.5 Å². The van der Waals surface area contributed by atoms with E-state index in [1.54, 1.807) is 0 Å². The van der Waals surface area contributed by atoms with Crippen LogP contribution >= 0.6 is 0 Å². The maximum atomic E-state index is 12.4. The zero-order valence-corrected chi connectivity index (χ0v) is 12.8. The molecular formula is C17H26N3O+. The fraction of sp³-hybridized carbons (Fsp3) is 0.647. The Kier molecular flexibility index (Phi) is 4.73. The smallest absolute Gasteiger partial charge is 0.274 e. The molecule has 4 heteroatoms. The van der Waals surface area contributed by atoms with Gasteiger partial charge in [-0.2, -0.15) is 0 Å². The number of nitrogens with one attached hydrogen (secondary N) is 1. The first kappa shape index (κ1) is 14.4. The number of aromatic nitrogens is 1. The molecule has 3 rings (SSSR count). The van der Waals surface area contributed by atoms with Crippen LogP contribution in [0.25, 0.3) is 0 Å². The molecule has 1 aliphatic carbocycles. The number of carbonyl (C=O) groups is 1. The highest BCUT2D eigenvalue weighted by atomic mass is 16.2. The van der Waals surface area contributed by atoms with E-state index in [0.29, 0.717) is 11.8 Å². The van der Waals surface area contributed by atoms with Crippen LogP contribution in [-0.4, -0.2) is 37.0 Å². The van der Waals surface area contributed by atoms with Crippen molar-refractivity contribution in [2.24, 2.45) is 5.92 Å². The summed E-state index contributed by atoms with van der Waals surface area (Å²) in [6.45, 7) is 3.57. The van der Waals surface area contributed by atoms with Gasteiger partial charge >= 0.3 is 0 Å². The zero-order valence-electron chi connectivity index (χ0n) is 12.8. The van der Waals surface area contributed by atoms with E-state index in [2.05, 4.69) is 20.9 Å². The maximum absolute atomic E-state index is 12.4. The number of aromatic amines is 1. The second-order valence-electron chi connectivity index (χ2n) is 6.32. The van der Waals surface area contributed by atoms with Gasteiger partial charge in [0.05, 0.1) is 19.3 Å². The van der Waals surface area contributed by atoms with Gasteiger partial charge in [0.15, 0.2) is 0 Å². The molecule has 0 bridgehead atoms. The minimum atomic E-state index is 0.374. The molecule has 4 nitrogen and oxygen atoms in total. The van der Waals surface area contributed by atoms with Crippen molar-refractivity contribution < 1.29 is 9.78 Å².